The van der Waals surface area contributed by atoms with Crippen LogP contribution in [0.2, 0.25) is 0 Å². The molecule has 3 aromatic rings. The maximum absolute atomic E-state index is 13.6. The maximum atomic E-state index is 13.6. The molecule has 2 aromatic carbocycles. The van der Waals surface area contributed by atoms with E-state index < -0.39 is 45.7 Å². The van der Waals surface area contributed by atoms with E-state index in [-0.39, 0.29) is 40.8 Å². The Kier molecular flexibility index (Phi) is 7.89. The lowest BCUT2D eigenvalue weighted by Gasteiger charge is -2.36. The van der Waals surface area contributed by atoms with E-state index in [4.69, 9.17) is 4.74 Å². The van der Waals surface area contributed by atoms with Gasteiger partial charge in [-0.05, 0) is 63.2 Å². The van der Waals surface area contributed by atoms with Gasteiger partial charge in [0.1, 0.15) is 23.4 Å². The lowest BCUT2D eigenvalue weighted by Crippen LogP contribution is -2.48. The Labute approximate surface area is 231 Å². The summed E-state index contributed by atoms with van der Waals surface area (Å²) in [6.07, 6.45) is -5.80. The second kappa shape index (κ2) is 10.9. The van der Waals surface area contributed by atoms with Crippen molar-refractivity contribution in [3.8, 4) is 5.75 Å². The third-order valence-corrected chi connectivity index (χ3v) is 7.91. The van der Waals surface area contributed by atoms with Crippen LogP contribution in [0.4, 0.5) is 33.7 Å². The number of halogens is 4. The Bertz CT molecular complexity index is 1560. The van der Waals surface area contributed by atoms with Gasteiger partial charge in [-0.25, -0.2) is 22.6 Å². The van der Waals surface area contributed by atoms with Crippen LogP contribution in [0.3, 0.4) is 0 Å². The minimum absolute atomic E-state index is 0.0356. The molecule has 0 saturated carbocycles. The van der Waals surface area contributed by atoms with Crippen molar-refractivity contribution in [1.29, 1.82) is 0 Å². The Morgan fingerprint density at radius 1 is 1.17 bits per heavy atom. The highest BCUT2D eigenvalue weighted by Crippen LogP contribution is 2.39. The van der Waals surface area contributed by atoms with Crippen molar-refractivity contribution in [2.75, 3.05) is 22.7 Å². The number of aromatic amines is 1. The fourth-order valence-electron chi connectivity index (χ4n) is 3.78. The number of fused-ring (bicyclic) bond motifs is 1. The minimum Gasteiger partial charge on any atom is -0.484 e. The number of carbonyl (C=O) groups is 2. The first kappa shape index (κ1) is 29.6. The van der Waals surface area contributed by atoms with Crippen molar-refractivity contribution in [2.45, 2.75) is 43.5 Å². The highest BCUT2D eigenvalue weighted by Gasteiger charge is 2.51. The molecule has 2 heterocycles. The molecule has 3 N–H and O–H groups in total. The van der Waals surface area contributed by atoms with Crippen molar-refractivity contribution >= 4 is 33.4 Å². The fourth-order valence-corrected chi connectivity index (χ4v) is 5.28. The summed E-state index contributed by atoms with van der Waals surface area (Å²) in [7, 11) is -4.34. The first-order valence-corrected chi connectivity index (χ1v) is 13.5. The van der Waals surface area contributed by atoms with Gasteiger partial charge in [0.2, 0.25) is 5.60 Å². The Hall–Kier alpha value is -4.34. The van der Waals surface area contributed by atoms with Crippen molar-refractivity contribution < 1.29 is 45.0 Å². The molecular weight excluding hydrogens is 574 g/mol. The summed E-state index contributed by atoms with van der Waals surface area (Å²) >= 11 is 0. The van der Waals surface area contributed by atoms with E-state index in [0.717, 1.165) is 28.6 Å². The number of sulfonamides is 1. The fraction of sp³-hybridized carbons (Fsp3) is 0.320. The number of hydrogen-bond donors (Lipinski definition) is 3. The van der Waals surface area contributed by atoms with Gasteiger partial charge in [0.25, 0.3) is 15.9 Å². The Balaban J connectivity index is 1.62. The number of H-pyrrole nitrogens is 1. The summed E-state index contributed by atoms with van der Waals surface area (Å²) < 4.78 is 91.5. The van der Waals surface area contributed by atoms with Gasteiger partial charge in [-0.15, -0.1) is 0 Å². The zero-order valence-electron chi connectivity index (χ0n) is 21.9. The van der Waals surface area contributed by atoms with Gasteiger partial charge in [0.05, 0.1) is 35.7 Å². The maximum Gasteiger partial charge on any atom is 0.427 e. The molecule has 0 fully saturated rings. The zero-order valence-corrected chi connectivity index (χ0v) is 22.7. The minimum atomic E-state index is -4.84. The third kappa shape index (κ3) is 6.37. The van der Waals surface area contributed by atoms with Gasteiger partial charge in [-0.1, -0.05) is 0 Å². The van der Waals surface area contributed by atoms with Gasteiger partial charge in [-0.2, -0.15) is 13.2 Å². The van der Waals surface area contributed by atoms with Gasteiger partial charge in [0.15, 0.2) is 0 Å². The number of amides is 2. The van der Waals surface area contributed by atoms with Crippen molar-refractivity contribution in [3.05, 3.63) is 66.0 Å². The smallest absolute Gasteiger partial charge is 0.427 e. The Morgan fingerprint density at radius 2 is 1.85 bits per heavy atom. The Morgan fingerprint density at radius 3 is 2.46 bits per heavy atom. The highest BCUT2D eigenvalue weighted by molar-refractivity contribution is 7.92. The van der Waals surface area contributed by atoms with Crippen LogP contribution >= 0.6 is 0 Å². The molecule has 0 spiro atoms. The van der Waals surface area contributed by atoms with Crippen molar-refractivity contribution in [1.82, 2.24) is 15.3 Å². The van der Waals surface area contributed by atoms with Crippen LogP contribution in [-0.4, -0.2) is 61.4 Å². The monoisotopic (exact) mass is 599 g/mol. The van der Waals surface area contributed by atoms with Crippen LogP contribution in [0.5, 0.6) is 5.75 Å². The SMILES string of the molecule is Cc1nc[nH]c1C(=O)NC[C@H]1CN(S(=O)(=O)c2ccc(F)cc2)c2cc(NC(=O)OC(C)(C)C(F)(F)F)ccc2O1. The van der Waals surface area contributed by atoms with Gasteiger partial charge >= 0.3 is 12.3 Å². The molecule has 16 heteroatoms. The molecule has 41 heavy (non-hydrogen) atoms. The van der Waals surface area contributed by atoms with Crippen LogP contribution in [0, 0.1) is 12.7 Å². The number of anilines is 2. The average molecular weight is 600 g/mol. The standard InChI is InChI=1S/C25H25F4N5O6S/c1-14-21(32-13-31-14)22(35)30-11-17-12-34(41(37,38)18-7-4-15(26)5-8-18)19-10-16(6-9-20(19)39-17)33-23(36)40-24(2,3)25(27,28)29/h4-10,13,17H,11-12H2,1-3H3,(H,30,35)(H,31,32)(H,33,36)/t17-/m0/s1. The molecule has 11 nitrogen and oxygen atoms in total. The number of hydrogen-bond acceptors (Lipinski definition) is 7. The molecule has 0 saturated heterocycles. The number of rotatable bonds is 7. The first-order chi connectivity index (χ1) is 19.1. The molecule has 4 rings (SSSR count). The van der Waals surface area contributed by atoms with E-state index in [1.54, 1.807) is 6.92 Å². The predicted molar refractivity (Wildman–Crippen MR) is 138 cm³/mol. The topological polar surface area (TPSA) is 143 Å². The molecule has 1 aliphatic rings. The van der Waals surface area contributed by atoms with Crippen molar-refractivity contribution in [2.24, 2.45) is 0 Å². The predicted octanol–water partition coefficient (Wildman–Crippen LogP) is 4.13. The first-order valence-electron chi connectivity index (χ1n) is 12.0. The van der Waals surface area contributed by atoms with E-state index in [9.17, 15) is 35.6 Å². The van der Waals surface area contributed by atoms with Crippen molar-refractivity contribution in [3.63, 3.8) is 0 Å². The van der Waals surface area contributed by atoms with Gasteiger partial charge < -0.3 is 19.8 Å². The van der Waals surface area contributed by atoms with Gasteiger partial charge in [0, 0.05) is 5.69 Å². The van der Waals surface area contributed by atoms with E-state index in [2.05, 4.69) is 25.3 Å². The number of ether oxygens (including phenoxy) is 2. The molecule has 0 radical (unpaired) electrons. The molecule has 0 unspecified atom stereocenters. The summed E-state index contributed by atoms with van der Waals surface area (Å²) in [5.41, 5.74) is -2.27. The molecule has 0 bridgehead atoms. The van der Waals surface area contributed by atoms with Gasteiger partial charge in [-0.3, -0.25) is 14.4 Å². The number of imidazole rings is 1. The molecule has 220 valence electrons. The number of alkyl halides is 3. The van der Waals surface area contributed by atoms with Crippen LogP contribution in [0.15, 0.2) is 53.7 Å². The highest BCUT2D eigenvalue weighted by atomic mass is 32.2. The number of aryl methyl sites for hydroxylation is 1. The summed E-state index contributed by atoms with van der Waals surface area (Å²) in [4.78, 5) is 31.1. The molecule has 0 aliphatic carbocycles. The van der Waals surface area contributed by atoms with E-state index in [1.807, 2.05) is 0 Å². The molecular formula is C25H25F4N5O6S. The second-order valence-electron chi connectivity index (χ2n) is 9.51. The number of aromatic nitrogens is 2. The summed E-state index contributed by atoms with van der Waals surface area (Å²) in [5, 5.41) is 4.80. The van der Waals surface area contributed by atoms with Crippen LogP contribution in [-0.2, 0) is 14.8 Å². The molecule has 1 aliphatic heterocycles. The summed E-state index contributed by atoms with van der Waals surface area (Å²) in [6.45, 7) is 2.55. The molecule has 2 amide bonds. The number of nitrogens with zero attached hydrogens (tertiary/aromatic N) is 2. The number of carbonyl (C=O) groups excluding carboxylic acids is 2. The lowest BCUT2D eigenvalue weighted by atomic mass is 10.1. The quantitative estimate of drug-likeness (QED) is 0.347. The second-order valence-corrected chi connectivity index (χ2v) is 11.4. The van der Waals surface area contributed by atoms with Crippen LogP contribution in [0.25, 0.3) is 0 Å². The third-order valence-electron chi connectivity index (χ3n) is 6.12. The van der Waals surface area contributed by atoms with Crippen LogP contribution < -0.4 is 19.7 Å². The largest absolute Gasteiger partial charge is 0.484 e. The number of benzene rings is 2. The zero-order chi connectivity index (χ0) is 30.2. The molecule has 1 aromatic heterocycles. The normalized spacial score (nSPS) is 15.5. The average Bonchev–Trinajstić information content (AvgIpc) is 3.32. The van der Waals surface area contributed by atoms with Crippen LogP contribution in [0.1, 0.15) is 30.0 Å². The summed E-state index contributed by atoms with van der Waals surface area (Å²) in [6, 6.07) is 7.83. The van der Waals surface area contributed by atoms with E-state index in [0.29, 0.717) is 19.5 Å². The summed E-state index contributed by atoms with van der Waals surface area (Å²) in [5.74, 6) is -1.12. The van der Waals surface area contributed by atoms with E-state index in [1.165, 1.54) is 24.5 Å². The van der Waals surface area contributed by atoms with E-state index >= 15 is 0 Å². The number of nitrogens with one attached hydrogen (secondary N) is 3. The molecule has 1 atom stereocenters. The lowest BCUT2D eigenvalue weighted by molar-refractivity contribution is -0.242.